The maximum absolute atomic E-state index is 5.67. The fourth-order valence-corrected chi connectivity index (χ4v) is 1.16. The first-order valence-corrected chi connectivity index (χ1v) is 4.26. The quantitative estimate of drug-likeness (QED) is 0.507. The van der Waals surface area contributed by atoms with E-state index in [1.165, 1.54) is 5.56 Å². The van der Waals surface area contributed by atoms with Gasteiger partial charge in [-0.05, 0) is 12.1 Å². The molecule has 0 spiro atoms. The molecular formula is C9H14ClN2+. The van der Waals surface area contributed by atoms with Crippen LogP contribution in [0.1, 0.15) is 5.56 Å². The average Bonchev–Trinajstić information content (AvgIpc) is 1.91. The first-order valence-electron chi connectivity index (χ1n) is 3.88. The summed E-state index contributed by atoms with van der Waals surface area (Å²) >= 11 is 5.67. The first-order chi connectivity index (χ1) is 5.47. The van der Waals surface area contributed by atoms with Gasteiger partial charge >= 0.3 is 0 Å². The van der Waals surface area contributed by atoms with E-state index in [-0.39, 0.29) is 0 Å². The van der Waals surface area contributed by atoms with Gasteiger partial charge in [0.1, 0.15) is 11.7 Å². The summed E-state index contributed by atoms with van der Waals surface area (Å²) < 4.78 is 0.906. The van der Waals surface area contributed by atoms with Crippen LogP contribution in [-0.4, -0.2) is 30.6 Å². The van der Waals surface area contributed by atoms with Gasteiger partial charge in [0, 0.05) is 11.8 Å². The summed E-state index contributed by atoms with van der Waals surface area (Å²) in [5.41, 5.74) is 1.21. The molecule has 1 aromatic rings. The van der Waals surface area contributed by atoms with Crippen LogP contribution < -0.4 is 0 Å². The third-order valence-electron chi connectivity index (χ3n) is 1.45. The number of rotatable bonds is 2. The number of pyridine rings is 1. The Bertz CT molecular complexity index is 248. The minimum absolute atomic E-state index is 0.556. The summed E-state index contributed by atoms with van der Waals surface area (Å²) in [5.74, 6) is 0. The van der Waals surface area contributed by atoms with Crippen molar-refractivity contribution < 1.29 is 4.48 Å². The third kappa shape index (κ3) is 3.20. The third-order valence-corrected chi connectivity index (χ3v) is 1.67. The van der Waals surface area contributed by atoms with Crippen molar-refractivity contribution in [1.29, 1.82) is 0 Å². The number of hydrogen-bond acceptors (Lipinski definition) is 1. The van der Waals surface area contributed by atoms with E-state index < -0.39 is 0 Å². The first kappa shape index (κ1) is 9.49. The highest BCUT2D eigenvalue weighted by molar-refractivity contribution is 6.29. The van der Waals surface area contributed by atoms with E-state index in [0.717, 1.165) is 11.0 Å². The molecule has 0 aliphatic heterocycles. The monoisotopic (exact) mass is 185 g/mol. The lowest BCUT2D eigenvalue weighted by Crippen LogP contribution is -2.33. The summed E-state index contributed by atoms with van der Waals surface area (Å²) in [5, 5.41) is 0.556. The lowest BCUT2D eigenvalue weighted by atomic mass is 10.2. The maximum atomic E-state index is 5.67. The second kappa shape index (κ2) is 3.42. The molecule has 0 saturated heterocycles. The molecule has 2 nitrogen and oxygen atoms in total. The standard InChI is InChI=1S/C9H14ClN2/c1-12(2,3)7-8-4-5-9(10)11-6-8/h4-6H,7H2,1-3H3/q+1. The molecule has 66 valence electrons. The fraction of sp³-hybridized carbons (Fsp3) is 0.444. The molecule has 0 amide bonds. The zero-order valence-electron chi connectivity index (χ0n) is 7.71. The van der Waals surface area contributed by atoms with Gasteiger partial charge in [-0.3, -0.25) is 0 Å². The lowest BCUT2D eigenvalue weighted by Gasteiger charge is -2.23. The number of aromatic nitrogens is 1. The molecule has 0 saturated carbocycles. The molecule has 0 unspecified atom stereocenters. The van der Waals surface area contributed by atoms with E-state index in [2.05, 4.69) is 26.1 Å². The van der Waals surface area contributed by atoms with Crippen LogP contribution >= 0.6 is 11.6 Å². The van der Waals surface area contributed by atoms with Crippen molar-refractivity contribution in [2.24, 2.45) is 0 Å². The molecule has 12 heavy (non-hydrogen) atoms. The summed E-state index contributed by atoms with van der Waals surface area (Å²) in [4.78, 5) is 4.02. The smallest absolute Gasteiger partial charge is 0.129 e. The molecule has 0 aromatic carbocycles. The van der Waals surface area contributed by atoms with Crippen molar-refractivity contribution in [2.75, 3.05) is 21.1 Å². The molecular weight excluding hydrogens is 172 g/mol. The lowest BCUT2D eigenvalue weighted by molar-refractivity contribution is -0.884. The molecule has 3 heteroatoms. The van der Waals surface area contributed by atoms with E-state index in [4.69, 9.17) is 11.6 Å². The zero-order chi connectivity index (χ0) is 9.19. The van der Waals surface area contributed by atoms with E-state index in [1.807, 2.05) is 18.3 Å². The van der Waals surface area contributed by atoms with E-state index >= 15 is 0 Å². The van der Waals surface area contributed by atoms with Gasteiger partial charge in [0.05, 0.1) is 21.1 Å². The van der Waals surface area contributed by atoms with Crippen molar-refractivity contribution in [1.82, 2.24) is 4.98 Å². The van der Waals surface area contributed by atoms with Gasteiger partial charge in [0.2, 0.25) is 0 Å². The Labute approximate surface area is 78.4 Å². The van der Waals surface area contributed by atoms with Crippen LogP contribution in [0.25, 0.3) is 0 Å². The Kier molecular flexibility index (Phi) is 2.70. The maximum Gasteiger partial charge on any atom is 0.129 e. The fourth-order valence-electron chi connectivity index (χ4n) is 1.05. The highest BCUT2D eigenvalue weighted by Crippen LogP contribution is 2.08. The number of nitrogens with zero attached hydrogens (tertiary/aromatic N) is 2. The SMILES string of the molecule is C[N+](C)(C)Cc1ccc(Cl)nc1. The van der Waals surface area contributed by atoms with E-state index in [9.17, 15) is 0 Å². The summed E-state index contributed by atoms with van der Waals surface area (Å²) in [6.07, 6.45) is 1.83. The predicted octanol–water partition coefficient (Wildman–Crippen LogP) is 1.94. The molecule has 1 rings (SSSR count). The number of hydrogen-bond donors (Lipinski definition) is 0. The van der Waals surface area contributed by atoms with Gasteiger partial charge in [0.25, 0.3) is 0 Å². The minimum atomic E-state index is 0.556. The zero-order valence-corrected chi connectivity index (χ0v) is 8.47. The Balaban J connectivity index is 2.71. The van der Waals surface area contributed by atoms with Crippen LogP contribution in [0.4, 0.5) is 0 Å². The molecule has 0 aliphatic carbocycles. The van der Waals surface area contributed by atoms with Crippen LogP contribution in [0.2, 0.25) is 5.15 Å². The van der Waals surface area contributed by atoms with Gasteiger partial charge in [-0.1, -0.05) is 11.6 Å². The largest absolute Gasteiger partial charge is 0.327 e. The second-order valence-corrected chi connectivity index (χ2v) is 4.32. The Morgan fingerprint density at radius 1 is 1.33 bits per heavy atom. The van der Waals surface area contributed by atoms with E-state index in [1.54, 1.807) is 0 Å². The van der Waals surface area contributed by atoms with Gasteiger partial charge in [0.15, 0.2) is 0 Å². The topological polar surface area (TPSA) is 12.9 Å². The highest BCUT2D eigenvalue weighted by Gasteiger charge is 2.07. The molecule has 0 radical (unpaired) electrons. The average molecular weight is 186 g/mol. The van der Waals surface area contributed by atoms with Crippen molar-refractivity contribution in [3.05, 3.63) is 29.0 Å². The van der Waals surface area contributed by atoms with Crippen LogP contribution in [0.5, 0.6) is 0 Å². The van der Waals surface area contributed by atoms with Crippen LogP contribution in [-0.2, 0) is 6.54 Å². The summed E-state index contributed by atoms with van der Waals surface area (Å²) in [6, 6.07) is 3.84. The molecule has 1 aromatic heterocycles. The van der Waals surface area contributed by atoms with Crippen molar-refractivity contribution >= 4 is 11.6 Å². The summed E-state index contributed by atoms with van der Waals surface area (Å²) in [6.45, 7) is 0.976. The number of halogens is 1. The van der Waals surface area contributed by atoms with Crippen molar-refractivity contribution in [3.63, 3.8) is 0 Å². The van der Waals surface area contributed by atoms with Crippen molar-refractivity contribution in [2.45, 2.75) is 6.54 Å². The van der Waals surface area contributed by atoms with Crippen LogP contribution in [0.15, 0.2) is 18.3 Å². The number of quaternary nitrogens is 1. The van der Waals surface area contributed by atoms with Crippen LogP contribution in [0, 0.1) is 0 Å². The van der Waals surface area contributed by atoms with E-state index in [0.29, 0.717) is 5.15 Å². The molecule has 0 atom stereocenters. The van der Waals surface area contributed by atoms with Crippen molar-refractivity contribution in [3.8, 4) is 0 Å². The molecule has 0 aliphatic rings. The Morgan fingerprint density at radius 3 is 2.42 bits per heavy atom. The molecule has 0 N–H and O–H groups in total. The summed E-state index contributed by atoms with van der Waals surface area (Å²) in [7, 11) is 6.44. The van der Waals surface area contributed by atoms with Gasteiger partial charge in [-0.2, -0.15) is 0 Å². The second-order valence-electron chi connectivity index (χ2n) is 3.94. The molecule has 0 bridgehead atoms. The highest BCUT2D eigenvalue weighted by atomic mass is 35.5. The van der Waals surface area contributed by atoms with Gasteiger partial charge < -0.3 is 4.48 Å². The normalized spacial score (nSPS) is 11.7. The Hall–Kier alpha value is -0.600. The van der Waals surface area contributed by atoms with Crippen LogP contribution in [0.3, 0.4) is 0 Å². The molecule has 1 heterocycles. The van der Waals surface area contributed by atoms with Gasteiger partial charge in [-0.25, -0.2) is 4.98 Å². The minimum Gasteiger partial charge on any atom is -0.327 e. The predicted molar refractivity (Wildman–Crippen MR) is 51.0 cm³/mol. The molecule has 0 fully saturated rings. The Morgan fingerprint density at radius 2 is 2.00 bits per heavy atom. The van der Waals surface area contributed by atoms with Gasteiger partial charge in [-0.15, -0.1) is 0 Å².